The van der Waals surface area contributed by atoms with Crippen LogP contribution in [-0.2, 0) is 16.1 Å². The number of hydrogen-bond acceptors (Lipinski definition) is 6. The van der Waals surface area contributed by atoms with Gasteiger partial charge in [0.2, 0.25) is 0 Å². The first kappa shape index (κ1) is 17.8. The third-order valence-corrected chi connectivity index (χ3v) is 5.83. The monoisotopic (exact) mass is 383 g/mol. The molecule has 1 spiro atoms. The number of likely N-dealkylation sites (tertiary alicyclic amines) is 1. The first-order valence-electron chi connectivity index (χ1n) is 10.0. The normalized spacial score (nSPS) is 23.6. The summed E-state index contributed by atoms with van der Waals surface area (Å²) in [5.41, 5.74) is 2.06. The van der Waals surface area contributed by atoms with E-state index in [2.05, 4.69) is 10.1 Å². The van der Waals surface area contributed by atoms with Crippen LogP contribution < -0.4 is 0 Å². The molecule has 7 heteroatoms. The van der Waals surface area contributed by atoms with E-state index in [-0.39, 0.29) is 17.6 Å². The highest BCUT2D eigenvalue weighted by atomic mass is 16.5. The maximum Gasteiger partial charge on any atom is 0.276 e. The Labute approximate surface area is 164 Å². The zero-order valence-corrected chi connectivity index (χ0v) is 16.1. The summed E-state index contributed by atoms with van der Waals surface area (Å²) >= 11 is 0. The molecule has 1 atom stereocenters. The second kappa shape index (κ2) is 6.97. The number of nitrogens with zero attached hydrogens (tertiary/aromatic N) is 3. The fourth-order valence-electron chi connectivity index (χ4n) is 4.13. The molecule has 3 aliphatic rings. The van der Waals surface area contributed by atoms with E-state index in [1.54, 1.807) is 11.0 Å². The summed E-state index contributed by atoms with van der Waals surface area (Å²) in [5, 5.41) is 3.96. The van der Waals surface area contributed by atoms with Crippen LogP contribution in [0.25, 0.3) is 0 Å². The van der Waals surface area contributed by atoms with Gasteiger partial charge in [0.25, 0.3) is 5.91 Å². The molecular weight excluding hydrogens is 358 g/mol. The Morgan fingerprint density at radius 1 is 1.32 bits per heavy atom. The van der Waals surface area contributed by atoms with Crippen LogP contribution in [0.5, 0.6) is 0 Å². The number of ether oxygens (including phenoxy) is 2. The summed E-state index contributed by atoms with van der Waals surface area (Å²) in [5.74, 6) is 1.22. The minimum Gasteiger partial charge on any atom is -0.372 e. The van der Waals surface area contributed by atoms with Gasteiger partial charge in [0.15, 0.2) is 5.69 Å². The van der Waals surface area contributed by atoms with Gasteiger partial charge in [-0.2, -0.15) is 0 Å². The van der Waals surface area contributed by atoms with E-state index in [9.17, 15) is 4.79 Å². The summed E-state index contributed by atoms with van der Waals surface area (Å²) in [6.45, 7) is 4.31. The van der Waals surface area contributed by atoms with E-state index >= 15 is 0 Å². The molecule has 2 saturated heterocycles. The van der Waals surface area contributed by atoms with E-state index in [0.29, 0.717) is 37.9 Å². The molecule has 28 heavy (non-hydrogen) atoms. The van der Waals surface area contributed by atoms with Crippen molar-refractivity contribution in [3.63, 3.8) is 0 Å². The third kappa shape index (κ3) is 3.56. The SMILES string of the molecule is Cc1cccc(COC2CCOC3(C2)CN(C(=O)c2cc(C4CC4)on2)C3)n1. The van der Waals surface area contributed by atoms with Crippen LogP contribution in [0.2, 0.25) is 0 Å². The highest BCUT2D eigenvalue weighted by Gasteiger charge is 2.50. The van der Waals surface area contributed by atoms with Crippen LogP contribution in [0, 0.1) is 6.92 Å². The van der Waals surface area contributed by atoms with Crippen molar-refractivity contribution in [1.29, 1.82) is 0 Å². The van der Waals surface area contributed by atoms with Crippen molar-refractivity contribution in [3.05, 3.63) is 47.1 Å². The van der Waals surface area contributed by atoms with E-state index < -0.39 is 0 Å². The molecule has 2 aromatic heterocycles. The first-order valence-corrected chi connectivity index (χ1v) is 10.0. The molecule has 7 nitrogen and oxygen atoms in total. The average Bonchev–Trinajstić information content (AvgIpc) is 3.41. The van der Waals surface area contributed by atoms with Crippen LogP contribution in [0.15, 0.2) is 28.8 Å². The Balaban J connectivity index is 1.15. The summed E-state index contributed by atoms with van der Waals surface area (Å²) in [6.07, 6.45) is 4.05. The van der Waals surface area contributed by atoms with Crippen LogP contribution in [0.1, 0.15) is 59.2 Å². The summed E-state index contributed by atoms with van der Waals surface area (Å²) < 4.78 is 17.4. The van der Waals surface area contributed by atoms with Crippen molar-refractivity contribution in [2.45, 2.75) is 56.8 Å². The summed E-state index contributed by atoms with van der Waals surface area (Å²) in [4.78, 5) is 18.9. The van der Waals surface area contributed by atoms with E-state index in [0.717, 1.165) is 42.8 Å². The minimum absolute atomic E-state index is 0.0723. The molecule has 2 aliphatic heterocycles. The smallest absolute Gasteiger partial charge is 0.276 e. The number of hydrogen-bond donors (Lipinski definition) is 0. The van der Waals surface area contributed by atoms with Gasteiger partial charge in [-0.25, -0.2) is 0 Å². The molecule has 4 heterocycles. The number of pyridine rings is 1. The van der Waals surface area contributed by atoms with Crippen molar-refractivity contribution in [3.8, 4) is 0 Å². The number of aryl methyl sites for hydroxylation is 1. The van der Waals surface area contributed by atoms with Crippen LogP contribution in [0.3, 0.4) is 0 Å². The van der Waals surface area contributed by atoms with Gasteiger partial charge < -0.3 is 18.9 Å². The topological polar surface area (TPSA) is 77.7 Å². The maximum atomic E-state index is 12.6. The lowest BCUT2D eigenvalue weighted by atomic mass is 9.84. The van der Waals surface area contributed by atoms with Crippen LogP contribution in [0.4, 0.5) is 0 Å². The first-order chi connectivity index (χ1) is 13.6. The largest absolute Gasteiger partial charge is 0.372 e. The van der Waals surface area contributed by atoms with Crippen molar-refractivity contribution >= 4 is 5.91 Å². The highest BCUT2D eigenvalue weighted by Crippen LogP contribution is 2.41. The number of carbonyl (C=O) groups excluding carboxylic acids is 1. The molecule has 1 aliphatic carbocycles. The lowest BCUT2D eigenvalue weighted by Gasteiger charge is -2.52. The quantitative estimate of drug-likeness (QED) is 0.790. The molecule has 1 saturated carbocycles. The molecule has 0 aromatic carbocycles. The second-order valence-corrected chi connectivity index (χ2v) is 8.28. The molecule has 148 valence electrons. The Kier molecular flexibility index (Phi) is 4.44. The van der Waals surface area contributed by atoms with Crippen molar-refractivity contribution < 1.29 is 18.8 Å². The lowest BCUT2D eigenvalue weighted by molar-refractivity contribution is -0.188. The zero-order chi connectivity index (χ0) is 19.1. The number of rotatable bonds is 5. The number of aromatic nitrogens is 2. The molecule has 3 fully saturated rings. The molecule has 0 radical (unpaired) electrons. The maximum absolute atomic E-state index is 12.6. The average molecular weight is 383 g/mol. The van der Waals surface area contributed by atoms with Gasteiger partial charge in [0, 0.05) is 30.7 Å². The standard InChI is InChI=1S/C21H25N3O4/c1-14-3-2-4-16(22-14)11-26-17-7-8-27-21(10-17)12-24(13-21)20(25)18-9-19(28-23-18)15-5-6-15/h2-4,9,15,17H,5-8,10-13H2,1H3. The van der Waals surface area contributed by atoms with E-state index in [1.807, 2.05) is 25.1 Å². The molecule has 0 N–H and O–H groups in total. The van der Waals surface area contributed by atoms with Gasteiger partial charge in [-0.05, 0) is 38.3 Å². The molecule has 5 rings (SSSR count). The number of amides is 1. The fourth-order valence-corrected chi connectivity index (χ4v) is 4.13. The Morgan fingerprint density at radius 2 is 2.18 bits per heavy atom. The van der Waals surface area contributed by atoms with Crippen molar-refractivity contribution in [1.82, 2.24) is 15.0 Å². The fraction of sp³-hybridized carbons (Fsp3) is 0.571. The predicted octanol–water partition coefficient (Wildman–Crippen LogP) is 2.85. The summed E-state index contributed by atoms with van der Waals surface area (Å²) in [6, 6.07) is 7.77. The van der Waals surface area contributed by atoms with Gasteiger partial charge in [-0.1, -0.05) is 11.2 Å². The molecule has 1 amide bonds. The Hall–Kier alpha value is -2.25. The zero-order valence-electron chi connectivity index (χ0n) is 16.1. The van der Waals surface area contributed by atoms with Crippen LogP contribution in [-0.4, -0.2) is 52.3 Å². The van der Waals surface area contributed by atoms with Gasteiger partial charge in [-0.3, -0.25) is 9.78 Å². The molecule has 1 unspecified atom stereocenters. The Bertz CT molecular complexity index is 870. The predicted molar refractivity (Wildman–Crippen MR) is 99.8 cm³/mol. The Morgan fingerprint density at radius 3 is 2.96 bits per heavy atom. The number of carbonyl (C=O) groups is 1. The highest BCUT2D eigenvalue weighted by molar-refractivity contribution is 5.93. The van der Waals surface area contributed by atoms with Gasteiger partial charge in [-0.15, -0.1) is 0 Å². The summed E-state index contributed by atoms with van der Waals surface area (Å²) in [7, 11) is 0. The van der Waals surface area contributed by atoms with Gasteiger partial charge in [0.1, 0.15) is 11.4 Å². The second-order valence-electron chi connectivity index (χ2n) is 8.28. The molecule has 2 aromatic rings. The molecular formula is C21H25N3O4. The molecule has 0 bridgehead atoms. The van der Waals surface area contributed by atoms with E-state index in [1.165, 1.54) is 0 Å². The van der Waals surface area contributed by atoms with Crippen molar-refractivity contribution in [2.24, 2.45) is 0 Å². The van der Waals surface area contributed by atoms with Crippen molar-refractivity contribution in [2.75, 3.05) is 19.7 Å². The van der Waals surface area contributed by atoms with E-state index in [4.69, 9.17) is 14.0 Å². The lowest BCUT2D eigenvalue weighted by Crippen LogP contribution is -2.67. The minimum atomic E-state index is -0.290. The van der Waals surface area contributed by atoms with Gasteiger partial charge in [0.05, 0.1) is 31.5 Å². The van der Waals surface area contributed by atoms with Crippen LogP contribution >= 0.6 is 0 Å². The third-order valence-electron chi connectivity index (χ3n) is 5.83. The van der Waals surface area contributed by atoms with Gasteiger partial charge >= 0.3 is 0 Å².